The van der Waals surface area contributed by atoms with Crippen LogP contribution in [0.4, 0.5) is 4.39 Å². The quantitative estimate of drug-likeness (QED) is 0.796. The molecule has 3 aromatic rings. The molecule has 0 unspecified atom stereocenters. The molecule has 0 amide bonds. The second-order valence-corrected chi connectivity index (χ2v) is 4.42. The Balaban J connectivity index is 2.19. The summed E-state index contributed by atoms with van der Waals surface area (Å²) in [7, 11) is 1.62. The molecule has 2 heterocycles. The van der Waals surface area contributed by atoms with Gasteiger partial charge in [-0.15, -0.1) is 0 Å². The number of methoxy groups -OCH3 is 1. The van der Waals surface area contributed by atoms with Crippen LogP contribution in [0.15, 0.2) is 42.6 Å². The SMILES string of the molecule is COc1ccc(-c2nc3ccc(F)cn3c2CN)cc1. The van der Waals surface area contributed by atoms with Crippen LogP contribution in [0.5, 0.6) is 5.75 Å². The highest BCUT2D eigenvalue weighted by Crippen LogP contribution is 2.26. The number of benzene rings is 1. The molecule has 0 bridgehead atoms. The molecular formula is C15H14FN3O. The lowest BCUT2D eigenvalue weighted by molar-refractivity contribution is 0.415. The Morgan fingerprint density at radius 2 is 1.95 bits per heavy atom. The van der Waals surface area contributed by atoms with E-state index in [-0.39, 0.29) is 12.4 Å². The Morgan fingerprint density at radius 1 is 1.20 bits per heavy atom. The lowest BCUT2D eigenvalue weighted by atomic mass is 10.1. The lowest BCUT2D eigenvalue weighted by Crippen LogP contribution is -2.02. The summed E-state index contributed by atoms with van der Waals surface area (Å²) in [5.41, 5.74) is 8.95. The molecule has 0 radical (unpaired) electrons. The number of nitrogens with zero attached hydrogens (tertiary/aromatic N) is 2. The predicted octanol–water partition coefficient (Wildman–Crippen LogP) is 2.61. The van der Waals surface area contributed by atoms with Crippen LogP contribution in [0.2, 0.25) is 0 Å². The molecule has 20 heavy (non-hydrogen) atoms. The maximum Gasteiger partial charge on any atom is 0.139 e. The summed E-state index contributed by atoms with van der Waals surface area (Å²) < 4.78 is 20.2. The molecule has 3 rings (SSSR count). The van der Waals surface area contributed by atoms with Crippen LogP contribution in [0.25, 0.3) is 16.9 Å². The zero-order valence-electron chi connectivity index (χ0n) is 11.0. The van der Waals surface area contributed by atoms with Gasteiger partial charge in [0.1, 0.15) is 17.2 Å². The molecular weight excluding hydrogens is 257 g/mol. The van der Waals surface area contributed by atoms with Gasteiger partial charge in [-0.3, -0.25) is 4.40 Å². The maximum atomic E-state index is 13.4. The van der Waals surface area contributed by atoms with Gasteiger partial charge in [0, 0.05) is 18.3 Å². The van der Waals surface area contributed by atoms with Crippen molar-refractivity contribution in [1.29, 1.82) is 0 Å². The van der Waals surface area contributed by atoms with Gasteiger partial charge < -0.3 is 10.5 Å². The summed E-state index contributed by atoms with van der Waals surface area (Å²) in [6.45, 7) is 0.284. The summed E-state index contributed by atoms with van der Waals surface area (Å²) >= 11 is 0. The van der Waals surface area contributed by atoms with E-state index in [9.17, 15) is 4.39 Å². The van der Waals surface area contributed by atoms with Gasteiger partial charge in [0.15, 0.2) is 0 Å². The second kappa shape index (κ2) is 4.94. The summed E-state index contributed by atoms with van der Waals surface area (Å²) in [6.07, 6.45) is 1.40. The highest BCUT2D eigenvalue weighted by Gasteiger charge is 2.13. The smallest absolute Gasteiger partial charge is 0.139 e. The number of hydrogen-bond donors (Lipinski definition) is 1. The molecule has 0 aliphatic heterocycles. The monoisotopic (exact) mass is 271 g/mol. The van der Waals surface area contributed by atoms with Crippen molar-refractivity contribution in [2.24, 2.45) is 5.73 Å². The topological polar surface area (TPSA) is 52.5 Å². The molecule has 2 aromatic heterocycles. The number of aromatic nitrogens is 2. The van der Waals surface area contributed by atoms with E-state index >= 15 is 0 Å². The van der Waals surface area contributed by atoms with E-state index in [1.165, 1.54) is 12.3 Å². The molecule has 0 saturated carbocycles. The maximum absolute atomic E-state index is 13.4. The summed E-state index contributed by atoms with van der Waals surface area (Å²) in [6, 6.07) is 10.6. The van der Waals surface area contributed by atoms with Gasteiger partial charge in [-0.25, -0.2) is 9.37 Å². The summed E-state index contributed by atoms with van der Waals surface area (Å²) in [4.78, 5) is 4.53. The fourth-order valence-electron chi connectivity index (χ4n) is 2.24. The van der Waals surface area contributed by atoms with Crippen molar-refractivity contribution in [3.05, 3.63) is 54.1 Å². The molecule has 5 heteroatoms. The Kier molecular flexibility index (Phi) is 3.12. The van der Waals surface area contributed by atoms with Crippen molar-refractivity contribution in [2.75, 3.05) is 7.11 Å². The normalized spacial score (nSPS) is 10.9. The number of fused-ring (bicyclic) bond motifs is 1. The molecule has 0 spiro atoms. The first-order valence-electron chi connectivity index (χ1n) is 6.24. The van der Waals surface area contributed by atoms with E-state index in [2.05, 4.69) is 4.98 Å². The Labute approximate surface area is 115 Å². The average Bonchev–Trinajstić information content (AvgIpc) is 2.85. The third-order valence-corrected chi connectivity index (χ3v) is 3.24. The molecule has 0 fully saturated rings. The highest BCUT2D eigenvalue weighted by molar-refractivity contribution is 5.67. The predicted molar refractivity (Wildman–Crippen MR) is 75.0 cm³/mol. The largest absolute Gasteiger partial charge is 0.497 e. The van der Waals surface area contributed by atoms with Crippen LogP contribution in [0.1, 0.15) is 5.69 Å². The third-order valence-electron chi connectivity index (χ3n) is 3.24. The first kappa shape index (κ1) is 12.6. The average molecular weight is 271 g/mol. The van der Waals surface area contributed by atoms with E-state index in [4.69, 9.17) is 10.5 Å². The van der Waals surface area contributed by atoms with E-state index < -0.39 is 0 Å². The van der Waals surface area contributed by atoms with E-state index in [1.807, 2.05) is 24.3 Å². The van der Waals surface area contributed by atoms with Gasteiger partial charge in [0.05, 0.1) is 18.5 Å². The zero-order valence-corrected chi connectivity index (χ0v) is 11.0. The standard InChI is InChI=1S/C15H14FN3O/c1-20-12-5-2-10(3-6-12)15-13(8-17)19-9-11(16)4-7-14(19)18-15/h2-7,9H,8,17H2,1H3. The fourth-order valence-corrected chi connectivity index (χ4v) is 2.24. The van der Waals surface area contributed by atoms with Gasteiger partial charge >= 0.3 is 0 Å². The number of rotatable bonds is 3. The minimum atomic E-state index is -0.314. The molecule has 1 aromatic carbocycles. The first-order valence-corrected chi connectivity index (χ1v) is 6.24. The van der Waals surface area contributed by atoms with Gasteiger partial charge in [-0.1, -0.05) is 0 Å². The summed E-state index contributed by atoms with van der Waals surface area (Å²) in [5.74, 6) is 0.462. The third kappa shape index (κ3) is 2.02. The van der Waals surface area contributed by atoms with Gasteiger partial charge in [-0.2, -0.15) is 0 Å². The first-order chi connectivity index (χ1) is 9.72. The number of hydrogen-bond acceptors (Lipinski definition) is 3. The van der Waals surface area contributed by atoms with Crippen molar-refractivity contribution >= 4 is 5.65 Å². The molecule has 0 aliphatic rings. The number of nitrogens with two attached hydrogens (primary N) is 1. The van der Waals surface area contributed by atoms with Crippen molar-refractivity contribution in [3.8, 4) is 17.0 Å². The number of imidazole rings is 1. The lowest BCUT2D eigenvalue weighted by Gasteiger charge is -2.04. The molecule has 0 saturated heterocycles. The van der Waals surface area contributed by atoms with Crippen molar-refractivity contribution < 1.29 is 9.13 Å². The fraction of sp³-hybridized carbons (Fsp3) is 0.133. The summed E-state index contributed by atoms with van der Waals surface area (Å²) in [5, 5.41) is 0. The Hall–Kier alpha value is -2.40. The van der Waals surface area contributed by atoms with E-state index in [0.717, 1.165) is 22.7 Å². The molecule has 0 aliphatic carbocycles. The Morgan fingerprint density at radius 3 is 2.60 bits per heavy atom. The minimum Gasteiger partial charge on any atom is -0.497 e. The van der Waals surface area contributed by atoms with Crippen molar-refractivity contribution in [2.45, 2.75) is 6.54 Å². The molecule has 0 atom stereocenters. The number of pyridine rings is 1. The van der Waals surface area contributed by atoms with Crippen LogP contribution in [0, 0.1) is 5.82 Å². The number of halogens is 1. The van der Waals surface area contributed by atoms with Crippen molar-refractivity contribution in [1.82, 2.24) is 9.38 Å². The van der Waals surface area contributed by atoms with E-state index in [0.29, 0.717) is 5.65 Å². The Bertz CT molecular complexity index is 750. The number of ether oxygens (including phenoxy) is 1. The van der Waals surface area contributed by atoms with Crippen LogP contribution < -0.4 is 10.5 Å². The minimum absolute atomic E-state index is 0.284. The molecule has 4 nitrogen and oxygen atoms in total. The second-order valence-electron chi connectivity index (χ2n) is 4.42. The van der Waals surface area contributed by atoms with E-state index in [1.54, 1.807) is 17.6 Å². The van der Waals surface area contributed by atoms with Gasteiger partial charge in [-0.05, 0) is 36.4 Å². The van der Waals surface area contributed by atoms with Crippen molar-refractivity contribution in [3.63, 3.8) is 0 Å². The highest BCUT2D eigenvalue weighted by atomic mass is 19.1. The van der Waals surface area contributed by atoms with Gasteiger partial charge in [0.25, 0.3) is 0 Å². The van der Waals surface area contributed by atoms with Crippen LogP contribution in [0.3, 0.4) is 0 Å². The zero-order chi connectivity index (χ0) is 14.1. The van der Waals surface area contributed by atoms with Crippen LogP contribution in [-0.2, 0) is 6.54 Å². The van der Waals surface area contributed by atoms with Crippen LogP contribution >= 0.6 is 0 Å². The molecule has 2 N–H and O–H groups in total. The molecule has 102 valence electrons. The van der Waals surface area contributed by atoms with Crippen LogP contribution in [-0.4, -0.2) is 16.5 Å². The van der Waals surface area contributed by atoms with Gasteiger partial charge in [0.2, 0.25) is 0 Å².